The first-order valence-corrected chi connectivity index (χ1v) is 23.6. The molecule has 2 nitrogen and oxygen atoms in total. The van der Waals surface area contributed by atoms with Gasteiger partial charge in [-0.1, -0.05) is 150 Å². The van der Waals surface area contributed by atoms with Crippen LogP contribution < -0.4 is 26.2 Å². The van der Waals surface area contributed by atoms with Crippen LogP contribution in [0.1, 0.15) is 105 Å². The molecule has 0 aliphatic carbocycles. The summed E-state index contributed by atoms with van der Waals surface area (Å²) in [5, 5.41) is 0. The van der Waals surface area contributed by atoms with E-state index in [4.69, 9.17) is 0 Å². The van der Waals surface area contributed by atoms with Crippen LogP contribution in [0.25, 0.3) is 0 Å². The highest BCUT2D eigenvalue weighted by molar-refractivity contribution is 8.32. The molecule has 0 atom stereocenters. The number of hydrogen-bond acceptors (Lipinski definition) is 2. The molecular formula is C54H63BN2S. The number of hydrogen-bond donors (Lipinski definition) is 0. The molecule has 0 saturated carbocycles. The smallest absolute Gasteiger partial charge is 0.252 e. The summed E-state index contributed by atoms with van der Waals surface area (Å²) in [7, 11) is -1.42. The molecule has 6 aromatic rings. The van der Waals surface area contributed by atoms with Crippen LogP contribution in [0.4, 0.5) is 34.1 Å². The first-order valence-electron chi connectivity index (χ1n) is 21.1. The molecule has 0 N–H and O–H groups in total. The Labute approximate surface area is 352 Å². The van der Waals surface area contributed by atoms with E-state index < -0.39 is 10.0 Å². The van der Waals surface area contributed by atoms with Gasteiger partial charge in [0.2, 0.25) is 0 Å². The zero-order valence-electron chi connectivity index (χ0n) is 37.5. The Bertz CT molecular complexity index is 2360. The number of nitrogens with zero attached hydrogens (tertiary/aromatic N) is 2. The topological polar surface area (TPSA) is 6.48 Å². The molecule has 0 amide bonds. The van der Waals surface area contributed by atoms with E-state index in [-0.39, 0.29) is 28.4 Å². The predicted molar refractivity (Wildman–Crippen MR) is 258 cm³/mol. The monoisotopic (exact) mass is 782 g/mol. The van der Waals surface area contributed by atoms with Gasteiger partial charge in [-0.15, -0.1) is 0 Å². The molecule has 8 rings (SSSR count). The van der Waals surface area contributed by atoms with Crippen molar-refractivity contribution in [1.82, 2.24) is 0 Å². The lowest BCUT2D eigenvalue weighted by Crippen LogP contribution is -2.61. The molecule has 6 aromatic carbocycles. The number of benzene rings is 6. The van der Waals surface area contributed by atoms with Crippen LogP contribution in [0.2, 0.25) is 0 Å². The van der Waals surface area contributed by atoms with Gasteiger partial charge in [-0.05, 0) is 143 Å². The van der Waals surface area contributed by atoms with Gasteiger partial charge in [0, 0.05) is 34.1 Å². The molecule has 58 heavy (non-hydrogen) atoms. The summed E-state index contributed by atoms with van der Waals surface area (Å²) in [4.78, 5) is 7.95. The van der Waals surface area contributed by atoms with Gasteiger partial charge in [0.05, 0.1) is 0 Å². The van der Waals surface area contributed by atoms with Gasteiger partial charge >= 0.3 is 0 Å². The minimum atomic E-state index is -1.42. The van der Waals surface area contributed by atoms with Crippen LogP contribution in [-0.4, -0.2) is 19.2 Å². The molecule has 0 fully saturated rings. The third-order valence-corrected chi connectivity index (χ3v) is 15.5. The minimum absolute atomic E-state index is 0.00413. The fourth-order valence-electron chi connectivity index (χ4n) is 8.88. The molecule has 2 aliphatic rings. The van der Waals surface area contributed by atoms with Crippen molar-refractivity contribution in [2.75, 3.05) is 22.3 Å². The fourth-order valence-corrected chi connectivity index (χ4v) is 10.8. The van der Waals surface area contributed by atoms with Crippen molar-refractivity contribution >= 4 is 67.3 Å². The Morgan fingerprint density at radius 3 is 1.10 bits per heavy atom. The number of rotatable bonds is 4. The SMILES string of the molecule is CC(C)(C)c1ccc(N2c3ccc(C(C)(C)C)cc3B3c4cc(C(C)(C)C)ccc4N(c4ccc(C(C)(C)C)cc4)c4cc(S(C)(C)c5ccccc5)cc2c43)cc1. The van der Waals surface area contributed by atoms with Crippen LogP contribution in [0, 0.1) is 0 Å². The molecule has 298 valence electrons. The quantitative estimate of drug-likeness (QED) is 0.164. The number of fused-ring (bicyclic) bond motifs is 4. The average molecular weight is 783 g/mol. The molecular weight excluding hydrogens is 719 g/mol. The Morgan fingerprint density at radius 1 is 0.379 bits per heavy atom. The van der Waals surface area contributed by atoms with E-state index in [0.29, 0.717) is 0 Å². The third kappa shape index (κ3) is 6.90. The second kappa shape index (κ2) is 13.7. The van der Waals surface area contributed by atoms with E-state index in [1.165, 1.54) is 82.6 Å². The summed E-state index contributed by atoms with van der Waals surface area (Å²) in [5.41, 5.74) is 17.1. The molecule has 0 bridgehead atoms. The Kier molecular flexibility index (Phi) is 9.48. The van der Waals surface area contributed by atoms with Gasteiger partial charge in [-0.2, -0.15) is 10.0 Å². The van der Waals surface area contributed by atoms with Gasteiger partial charge in [-0.25, -0.2) is 0 Å². The average Bonchev–Trinajstić information content (AvgIpc) is 3.16. The molecule has 0 aromatic heterocycles. The summed E-state index contributed by atoms with van der Waals surface area (Å²) < 4.78 is 0. The van der Waals surface area contributed by atoms with Crippen LogP contribution in [0.15, 0.2) is 137 Å². The van der Waals surface area contributed by atoms with Crippen molar-refractivity contribution < 1.29 is 0 Å². The van der Waals surface area contributed by atoms with Gasteiger partial charge in [0.1, 0.15) is 0 Å². The summed E-state index contributed by atoms with van der Waals surface area (Å²) in [5.74, 6) is 0. The highest BCUT2D eigenvalue weighted by Crippen LogP contribution is 2.59. The lowest BCUT2D eigenvalue weighted by atomic mass is 9.33. The first-order chi connectivity index (χ1) is 27.0. The van der Waals surface area contributed by atoms with E-state index in [1.807, 2.05) is 0 Å². The van der Waals surface area contributed by atoms with Crippen molar-refractivity contribution in [2.45, 2.75) is 115 Å². The van der Waals surface area contributed by atoms with Crippen LogP contribution in [0.5, 0.6) is 0 Å². The predicted octanol–water partition coefficient (Wildman–Crippen LogP) is 13.4. The van der Waals surface area contributed by atoms with Crippen LogP contribution >= 0.6 is 10.0 Å². The second-order valence-electron chi connectivity index (χ2n) is 21.3. The molecule has 0 saturated heterocycles. The van der Waals surface area contributed by atoms with Crippen molar-refractivity contribution in [2.24, 2.45) is 0 Å². The van der Waals surface area contributed by atoms with Crippen LogP contribution in [-0.2, 0) is 21.7 Å². The molecule has 0 spiro atoms. The molecule has 0 unspecified atom stereocenters. The van der Waals surface area contributed by atoms with Gasteiger partial charge < -0.3 is 9.80 Å². The zero-order chi connectivity index (χ0) is 41.7. The maximum atomic E-state index is 2.59. The molecule has 2 aliphatic heterocycles. The van der Waals surface area contributed by atoms with E-state index >= 15 is 0 Å². The van der Waals surface area contributed by atoms with Gasteiger partial charge in [0.15, 0.2) is 0 Å². The van der Waals surface area contributed by atoms with Crippen molar-refractivity contribution in [3.63, 3.8) is 0 Å². The second-order valence-corrected chi connectivity index (χ2v) is 24.9. The standard InChI is InChI=1S/C54H63BN2S/c1-51(2,3)36-20-26-40(27-21-36)56-46-30-24-38(53(7,8)9)32-44(46)55-45-33-39(54(10,11)12)25-31-47(45)57(41-28-22-37(23-29-41)52(4,5)6)49-35-43(34-48(56)50(49)55)58(13,14)42-18-16-15-17-19-42/h15-35H,1-14H3. The molecule has 4 heteroatoms. The van der Waals surface area contributed by atoms with Gasteiger partial charge in [-0.3, -0.25) is 0 Å². The Hall–Kier alpha value is -4.67. The highest BCUT2D eigenvalue weighted by Gasteiger charge is 2.45. The molecule has 2 heterocycles. The lowest BCUT2D eigenvalue weighted by Gasteiger charge is -2.46. The minimum Gasteiger partial charge on any atom is -0.311 e. The van der Waals surface area contributed by atoms with Crippen LogP contribution in [0.3, 0.4) is 0 Å². The zero-order valence-corrected chi connectivity index (χ0v) is 38.3. The van der Waals surface area contributed by atoms with E-state index in [2.05, 4.69) is 233 Å². The third-order valence-electron chi connectivity index (χ3n) is 12.7. The van der Waals surface area contributed by atoms with E-state index in [9.17, 15) is 0 Å². The summed E-state index contributed by atoms with van der Waals surface area (Å²) in [6.07, 6.45) is 4.94. The largest absolute Gasteiger partial charge is 0.311 e. The number of anilines is 6. The van der Waals surface area contributed by atoms with Crippen molar-refractivity contribution in [3.05, 3.63) is 150 Å². The fraction of sp³-hybridized carbons (Fsp3) is 0.333. The van der Waals surface area contributed by atoms with Crippen molar-refractivity contribution in [1.29, 1.82) is 0 Å². The van der Waals surface area contributed by atoms with E-state index in [0.717, 1.165) is 0 Å². The molecule has 0 radical (unpaired) electrons. The first kappa shape index (κ1) is 40.1. The highest BCUT2D eigenvalue weighted by atomic mass is 32.3. The maximum absolute atomic E-state index is 2.59. The Balaban J connectivity index is 1.51. The Morgan fingerprint density at radius 2 is 0.741 bits per heavy atom. The normalized spacial score (nSPS) is 14.6. The van der Waals surface area contributed by atoms with E-state index in [1.54, 1.807) is 0 Å². The lowest BCUT2D eigenvalue weighted by molar-refractivity contribution is 0.590. The summed E-state index contributed by atoms with van der Waals surface area (Å²) in [6.45, 7) is 27.9. The van der Waals surface area contributed by atoms with Crippen molar-refractivity contribution in [3.8, 4) is 0 Å². The van der Waals surface area contributed by atoms with Gasteiger partial charge in [0.25, 0.3) is 6.71 Å². The summed E-state index contributed by atoms with van der Waals surface area (Å²) in [6, 6.07) is 49.8. The summed E-state index contributed by atoms with van der Waals surface area (Å²) >= 11 is 0. The maximum Gasteiger partial charge on any atom is 0.252 e.